The SMILES string of the molecule is C/C=C(\CNC(=O)OC(C)(C)C)COc1ccc(S(=O)O)cc1. The Labute approximate surface area is 139 Å². The summed E-state index contributed by atoms with van der Waals surface area (Å²) in [5.74, 6) is 0.579. The minimum atomic E-state index is -2.00. The highest BCUT2D eigenvalue weighted by atomic mass is 32.2. The summed E-state index contributed by atoms with van der Waals surface area (Å²) in [5.41, 5.74) is 0.344. The molecule has 1 aromatic rings. The van der Waals surface area contributed by atoms with Gasteiger partial charge in [0.05, 0.1) is 4.90 Å². The number of nitrogens with one attached hydrogen (secondary N) is 1. The van der Waals surface area contributed by atoms with E-state index < -0.39 is 22.8 Å². The summed E-state index contributed by atoms with van der Waals surface area (Å²) in [5, 5.41) is 2.67. The lowest BCUT2D eigenvalue weighted by molar-refractivity contribution is 0.0531. The van der Waals surface area contributed by atoms with E-state index in [4.69, 9.17) is 14.0 Å². The van der Waals surface area contributed by atoms with Crippen LogP contribution in [0.1, 0.15) is 27.7 Å². The molecule has 1 unspecified atom stereocenters. The molecule has 0 aliphatic rings. The molecule has 0 aliphatic heterocycles. The lowest BCUT2D eigenvalue weighted by Crippen LogP contribution is -2.34. The first kappa shape index (κ1) is 19.2. The maximum Gasteiger partial charge on any atom is 0.407 e. The van der Waals surface area contributed by atoms with E-state index in [9.17, 15) is 9.00 Å². The monoisotopic (exact) mass is 341 g/mol. The van der Waals surface area contributed by atoms with Gasteiger partial charge in [0.15, 0.2) is 11.1 Å². The van der Waals surface area contributed by atoms with Gasteiger partial charge in [-0.2, -0.15) is 0 Å². The lowest BCUT2D eigenvalue weighted by Gasteiger charge is -2.20. The number of hydrogen-bond acceptors (Lipinski definition) is 4. The molecular formula is C16H23NO5S. The number of amides is 1. The largest absolute Gasteiger partial charge is 0.489 e. The molecule has 1 amide bonds. The van der Waals surface area contributed by atoms with E-state index >= 15 is 0 Å². The Morgan fingerprint density at radius 2 is 1.91 bits per heavy atom. The minimum Gasteiger partial charge on any atom is -0.489 e. The molecule has 7 heteroatoms. The van der Waals surface area contributed by atoms with Gasteiger partial charge in [-0.15, -0.1) is 0 Å². The average Bonchev–Trinajstić information content (AvgIpc) is 2.46. The number of hydrogen-bond donors (Lipinski definition) is 2. The molecule has 128 valence electrons. The Bertz CT molecular complexity index is 575. The van der Waals surface area contributed by atoms with Crippen molar-refractivity contribution in [1.82, 2.24) is 5.32 Å². The van der Waals surface area contributed by atoms with Crippen LogP contribution in [0.3, 0.4) is 0 Å². The maximum absolute atomic E-state index is 11.6. The molecule has 0 bridgehead atoms. The number of carbonyl (C=O) groups excluding carboxylic acids is 1. The zero-order chi connectivity index (χ0) is 17.5. The Hall–Kier alpha value is -1.86. The second kappa shape index (κ2) is 8.69. The smallest absolute Gasteiger partial charge is 0.407 e. The first-order valence-corrected chi connectivity index (χ1v) is 8.26. The van der Waals surface area contributed by atoms with Crippen LogP contribution in [0.15, 0.2) is 40.8 Å². The van der Waals surface area contributed by atoms with Crippen LogP contribution >= 0.6 is 0 Å². The van der Waals surface area contributed by atoms with Gasteiger partial charge in [-0.25, -0.2) is 9.00 Å². The van der Waals surface area contributed by atoms with Gasteiger partial charge in [0.2, 0.25) is 0 Å². The Morgan fingerprint density at radius 1 is 1.30 bits per heavy atom. The summed E-state index contributed by atoms with van der Waals surface area (Å²) in [6.45, 7) is 7.88. The molecule has 0 spiro atoms. The van der Waals surface area contributed by atoms with E-state index in [1.54, 1.807) is 32.9 Å². The van der Waals surface area contributed by atoms with Crippen molar-refractivity contribution in [2.24, 2.45) is 0 Å². The van der Waals surface area contributed by atoms with Crippen molar-refractivity contribution in [3.63, 3.8) is 0 Å². The fourth-order valence-corrected chi connectivity index (χ4v) is 1.93. The van der Waals surface area contributed by atoms with E-state index in [2.05, 4.69) is 5.32 Å². The van der Waals surface area contributed by atoms with E-state index in [1.807, 2.05) is 13.0 Å². The molecule has 23 heavy (non-hydrogen) atoms. The van der Waals surface area contributed by atoms with Crippen LogP contribution in [-0.4, -0.2) is 33.6 Å². The molecular weight excluding hydrogens is 318 g/mol. The molecule has 0 fully saturated rings. The standard InChI is InChI=1S/C16H23NO5S/c1-5-12(10-17-15(18)22-16(2,3)4)11-21-13-6-8-14(9-7-13)23(19)20/h5-9H,10-11H2,1-4H3,(H,17,18)(H,19,20)/b12-5+. The zero-order valence-electron chi connectivity index (χ0n) is 13.8. The molecule has 1 aromatic carbocycles. The second-order valence-corrected chi connectivity index (χ2v) is 6.78. The van der Waals surface area contributed by atoms with Crippen molar-refractivity contribution in [2.75, 3.05) is 13.2 Å². The van der Waals surface area contributed by atoms with Gasteiger partial charge in [-0.3, -0.25) is 0 Å². The molecule has 1 rings (SSSR count). The molecule has 0 radical (unpaired) electrons. The number of benzene rings is 1. The van der Waals surface area contributed by atoms with Gasteiger partial charge in [0.25, 0.3) is 0 Å². The molecule has 0 heterocycles. The van der Waals surface area contributed by atoms with Crippen LogP contribution in [0, 0.1) is 0 Å². The predicted octanol–water partition coefficient (Wildman–Crippen LogP) is 3.12. The van der Waals surface area contributed by atoms with Gasteiger partial charge < -0.3 is 19.3 Å². The normalized spacial score (nSPS) is 13.3. The molecule has 0 saturated carbocycles. The molecule has 1 atom stereocenters. The van der Waals surface area contributed by atoms with Gasteiger partial charge in [0, 0.05) is 6.54 Å². The van der Waals surface area contributed by atoms with Gasteiger partial charge in [-0.05, 0) is 57.5 Å². The number of carbonyl (C=O) groups is 1. The van der Waals surface area contributed by atoms with Crippen molar-refractivity contribution in [3.05, 3.63) is 35.9 Å². The van der Waals surface area contributed by atoms with Gasteiger partial charge in [0.1, 0.15) is 18.0 Å². The third-order valence-corrected chi connectivity index (χ3v) is 3.39. The Morgan fingerprint density at radius 3 is 2.39 bits per heavy atom. The second-order valence-electron chi connectivity index (χ2n) is 5.81. The summed E-state index contributed by atoms with van der Waals surface area (Å²) in [4.78, 5) is 11.9. The molecule has 0 aromatic heterocycles. The number of rotatable bonds is 6. The summed E-state index contributed by atoms with van der Waals surface area (Å²) in [6.07, 6.45) is 1.38. The van der Waals surface area contributed by atoms with Crippen molar-refractivity contribution in [1.29, 1.82) is 0 Å². The van der Waals surface area contributed by atoms with Crippen LogP contribution in [-0.2, 0) is 15.8 Å². The number of ether oxygens (including phenoxy) is 2. The van der Waals surface area contributed by atoms with Crippen molar-refractivity contribution < 1.29 is 23.0 Å². The fraction of sp³-hybridized carbons (Fsp3) is 0.438. The molecule has 6 nitrogen and oxygen atoms in total. The van der Waals surface area contributed by atoms with Crippen LogP contribution in [0.4, 0.5) is 4.79 Å². The van der Waals surface area contributed by atoms with E-state index in [-0.39, 0.29) is 0 Å². The van der Waals surface area contributed by atoms with Crippen LogP contribution in [0.2, 0.25) is 0 Å². The lowest BCUT2D eigenvalue weighted by atomic mass is 10.2. The van der Waals surface area contributed by atoms with Crippen LogP contribution in [0.5, 0.6) is 5.75 Å². The van der Waals surface area contributed by atoms with Gasteiger partial charge >= 0.3 is 6.09 Å². The third kappa shape index (κ3) is 7.80. The summed E-state index contributed by atoms with van der Waals surface area (Å²) >= 11 is -2.00. The van der Waals surface area contributed by atoms with Crippen LogP contribution < -0.4 is 10.1 Å². The summed E-state index contributed by atoms with van der Waals surface area (Å²) < 4.78 is 30.6. The molecule has 0 saturated heterocycles. The topological polar surface area (TPSA) is 84.9 Å². The van der Waals surface area contributed by atoms with E-state index in [1.165, 1.54) is 12.1 Å². The van der Waals surface area contributed by atoms with Crippen LogP contribution in [0.25, 0.3) is 0 Å². The average molecular weight is 341 g/mol. The van der Waals surface area contributed by atoms with Crippen molar-refractivity contribution in [2.45, 2.75) is 38.2 Å². The quantitative estimate of drug-likeness (QED) is 0.613. The van der Waals surface area contributed by atoms with Crippen molar-refractivity contribution >= 4 is 17.2 Å². The highest BCUT2D eigenvalue weighted by Gasteiger charge is 2.15. The van der Waals surface area contributed by atoms with E-state index in [0.29, 0.717) is 23.8 Å². The first-order chi connectivity index (χ1) is 10.7. The van der Waals surface area contributed by atoms with Gasteiger partial charge in [-0.1, -0.05) is 6.08 Å². The Balaban J connectivity index is 2.45. The number of allylic oxidation sites excluding steroid dienone is 1. The summed E-state index contributed by atoms with van der Waals surface area (Å²) in [7, 11) is 0. The zero-order valence-corrected chi connectivity index (χ0v) is 14.6. The predicted molar refractivity (Wildman–Crippen MR) is 89.0 cm³/mol. The highest BCUT2D eigenvalue weighted by Crippen LogP contribution is 2.15. The minimum absolute atomic E-state index is 0.299. The van der Waals surface area contributed by atoms with Crippen molar-refractivity contribution in [3.8, 4) is 5.75 Å². The fourth-order valence-electron chi connectivity index (χ4n) is 1.56. The Kier molecular flexibility index (Phi) is 7.25. The maximum atomic E-state index is 11.6. The third-order valence-electron chi connectivity index (χ3n) is 2.72. The highest BCUT2D eigenvalue weighted by molar-refractivity contribution is 7.79. The molecule has 0 aliphatic carbocycles. The number of alkyl carbamates (subject to hydrolysis) is 1. The summed E-state index contributed by atoms with van der Waals surface area (Å²) in [6, 6.07) is 6.30. The van der Waals surface area contributed by atoms with E-state index in [0.717, 1.165) is 5.57 Å². The first-order valence-electron chi connectivity index (χ1n) is 7.16. The molecule has 2 N–H and O–H groups in total.